The van der Waals surface area contributed by atoms with Crippen LogP contribution in [-0.2, 0) is 6.61 Å². The Hall–Kier alpha value is -2.24. The Morgan fingerprint density at radius 1 is 1.32 bits per heavy atom. The summed E-state index contributed by atoms with van der Waals surface area (Å²) in [5, 5.41) is 3.00. The van der Waals surface area contributed by atoms with Crippen LogP contribution in [0.25, 0.3) is 0 Å². The summed E-state index contributed by atoms with van der Waals surface area (Å²) in [6.07, 6.45) is 4.90. The normalized spacial score (nSPS) is 14.2. The molecule has 0 amide bonds. The van der Waals surface area contributed by atoms with Gasteiger partial charge in [-0.05, 0) is 25.0 Å². The van der Waals surface area contributed by atoms with E-state index in [4.69, 9.17) is 4.74 Å². The van der Waals surface area contributed by atoms with Crippen LogP contribution in [0.1, 0.15) is 18.5 Å². The van der Waals surface area contributed by atoms with Gasteiger partial charge in [-0.2, -0.15) is 4.98 Å². The molecule has 0 unspecified atom stereocenters. The molecule has 1 aliphatic rings. The lowest BCUT2D eigenvalue weighted by Crippen LogP contribution is -2.08. The highest BCUT2D eigenvalue weighted by Crippen LogP contribution is 2.25. The Labute approximate surface area is 109 Å². The lowest BCUT2D eigenvalue weighted by Gasteiger charge is -2.07. The topological polar surface area (TPSA) is 59.9 Å². The number of nitrogens with zero attached hydrogens (tertiary/aromatic N) is 3. The molecule has 1 fully saturated rings. The lowest BCUT2D eigenvalue weighted by atomic mass is 10.4. The predicted octanol–water partition coefficient (Wildman–Crippen LogP) is 2.16. The molecule has 0 aliphatic heterocycles. The Balaban J connectivity index is 1.67. The minimum Gasteiger partial charge on any atom is -0.457 e. The van der Waals surface area contributed by atoms with Crippen molar-refractivity contribution in [3.8, 4) is 6.01 Å². The molecular weight excluding hydrogens is 247 g/mol. The van der Waals surface area contributed by atoms with E-state index in [1.54, 1.807) is 6.20 Å². The van der Waals surface area contributed by atoms with E-state index in [0.29, 0.717) is 6.04 Å². The first kappa shape index (κ1) is 11.8. The fourth-order valence-corrected chi connectivity index (χ4v) is 1.56. The van der Waals surface area contributed by atoms with Crippen molar-refractivity contribution >= 4 is 5.82 Å². The maximum atomic E-state index is 13.5. The van der Waals surface area contributed by atoms with Gasteiger partial charge in [0.2, 0.25) is 0 Å². The van der Waals surface area contributed by atoms with E-state index in [1.165, 1.54) is 0 Å². The van der Waals surface area contributed by atoms with Crippen LogP contribution in [0.4, 0.5) is 10.2 Å². The molecule has 1 aliphatic carbocycles. The zero-order valence-electron chi connectivity index (χ0n) is 10.2. The van der Waals surface area contributed by atoms with Crippen molar-refractivity contribution in [2.75, 3.05) is 5.32 Å². The van der Waals surface area contributed by atoms with Crippen LogP contribution >= 0.6 is 0 Å². The molecule has 2 heterocycles. The average molecular weight is 260 g/mol. The van der Waals surface area contributed by atoms with Crippen molar-refractivity contribution in [2.45, 2.75) is 25.5 Å². The van der Waals surface area contributed by atoms with Crippen molar-refractivity contribution < 1.29 is 9.13 Å². The molecular formula is C13H13FN4O. The van der Waals surface area contributed by atoms with Crippen LogP contribution in [0.2, 0.25) is 0 Å². The molecule has 1 saturated carbocycles. The molecule has 0 radical (unpaired) electrons. The van der Waals surface area contributed by atoms with E-state index >= 15 is 0 Å². The second-order valence-corrected chi connectivity index (χ2v) is 4.38. The SMILES string of the molecule is Fc1cnc(OCc2ccccn2)nc1NC1CC1. The average Bonchev–Trinajstić information content (AvgIpc) is 3.25. The Morgan fingerprint density at radius 2 is 2.21 bits per heavy atom. The molecule has 1 N–H and O–H groups in total. The number of ether oxygens (including phenoxy) is 1. The second-order valence-electron chi connectivity index (χ2n) is 4.38. The maximum Gasteiger partial charge on any atom is 0.318 e. The minimum absolute atomic E-state index is 0.148. The standard InChI is InChI=1S/C13H13FN4O/c14-11-7-16-13(18-12(11)17-9-4-5-9)19-8-10-3-1-2-6-15-10/h1-3,6-7,9H,4-5,8H2,(H,16,17,18). The van der Waals surface area contributed by atoms with Gasteiger partial charge in [0.1, 0.15) is 6.61 Å². The van der Waals surface area contributed by atoms with Crippen LogP contribution in [0, 0.1) is 5.82 Å². The lowest BCUT2D eigenvalue weighted by molar-refractivity contribution is 0.275. The highest BCUT2D eigenvalue weighted by Gasteiger charge is 2.23. The van der Waals surface area contributed by atoms with E-state index in [1.807, 2.05) is 18.2 Å². The van der Waals surface area contributed by atoms with Crippen LogP contribution in [0.5, 0.6) is 6.01 Å². The van der Waals surface area contributed by atoms with Crippen molar-refractivity contribution in [3.05, 3.63) is 42.1 Å². The summed E-state index contributed by atoms with van der Waals surface area (Å²) >= 11 is 0. The van der Waals surface area contributed by atoms with Gasteiger partial charge in [0.05, 0.1) is 11.9 Å². The van der Waals surface area contributed by atoms with E-state index in [0.717, 1.165) is 24.7 Å². The molecule has 6 heteroatoms. The van der Waals surface area contributed by atoms with Crippen molar-refractivity contribution in [3.63, 3.8) is 0 Å². The van der Waals surface area contributed by atoms with Gasteiger partial charge in [0.25, 0.3) is 0 Å². The number of halogens is 1. The van der Waals surface area contributed by atoms with Gasteiger partial charge >= 0.3 is 6.01 Å². The number of rotatable bonds is 5. The first-order valence-electron chi connectivity index (χ1n) is 6.13. The summed E-state index contributed by atoms with van der Waals surface area (Å²) in [4.78, 5) is 11.9. The first-order chi connectivity index (χ1) is 9.31. The summed E-state index contributed by atoms with van der Waals surface area (Å²) in [5.41, 5.74) is 0.770. The van der Waals surface area contributed by atoms with Gasteiger partial charge in [-0.25, -0.2) is 9.37 Å². The van der Waals surface area contributed by atoms with Gasteiger partial charge in [-0.15, -0.1) is 0 Å². The minimum atomic E-state index is -0.461. The highest BCUT2D eigenvalue weighted by atomic mass is 19.1. The van der Waals surface area contributed by atoms with Gasteiger partial charge in [0.15, 0.2) is 11.6 Å². The van der Waals surface area contributed by atoms with E-state index in [9.17, 15) is 4.39 Å². The zero-order chi connectivity index (χ0) is 13.1. The number of pyridine rings is 1. The third-order valence-electron chi connectivity index (χ3n) is 2.72. The predicted molar refractivity (Wildman–Crippen MR) is 67.2 cm³/mol. The molecule has 0 atom stereocenters. The van der Waals surface area contributed by atoms with Gasteiger partial charge in [0, 0.05) is 12.2 Å². The molecule has 0 saturated heterocycles. The van der Waals surface area contributed by atoms with Crippen molar-refractivity contribution in [1.82, 2.24) is 15.0 Å². The number of hydrogen-bond donors (Lipinski definition) is 1. The van der Waals surface area contributed by atoms with Crippen LogP contribution in [0.3, 0.4) is 0 Å². The van der Waals surface area contributed by atoms with Crippen LogP contribution in [0.15, 0.2) is 30.6 Å². The maximum absolute atomic E-state index is 13.5. The van der Waals surface area contributed by atoms with E-state index in [-0.39, 0.29) is 18.4 Å². The van der Waals surface area contributed by atoms with E-state index < -0.39 is 5.82 Å². The molecule has 2 aromatic rings. The number of anilines is 1. The van der Waals surface area contributed by atoms with Gasteiger partial charge < -0.3 is 10.1 Å². The number of hydrogen-bond acceptors (Lipinski definition) is 5. The largest absolute Gasteiger partial charge is 0.457 e. The van der Waals surface area contributed by atoms with Crippen LogP contribution in [-0.4, -0.2) is 21.0 Å². The molecule has 0 spiro atoms. The molecule has 2 aromatic heterocycles. The molecule has 3 rings (SSSR count). The third-order valence-corrected chi connectivity index (χ3v) is 2.72. The summed E-state index contributed by atoms with van der Waals surface area (Å²) in [5.74, 6) is -0.259. The number of nitrogens with one attached hydrogen (secondary N) is 1. The monoisotopic (exact) mass is 260 g/mol. The highest BCUT2D eigenvalue weighted by molar-refractivity contribution is 5.38. The van der Waals surface area contributed by atoms with Gasteiger partial charge in [-0.3, -0.25) is 4.98 Å². The fourth-order valence-electron chi connectivity index (χ4n) is 1.56. The summed E-state index contributed by atoms with van der Waals surface area (Å²) in [6, 6.07) is 6.02. The Kier molecular flexibility index (Phi) is 3.22. The van der Waals surface area contributed by atoms with Crippen molar-refractivity contribution in [2.24, 2.45) is 0 Å². The zero-order valence-corrected chi connectivity index (χ0v) is 10.2. The second kappa shape index (κ2) is 5.17. The van der Waals surface area contributed by atoms with E-state index in [2.05, 4.69) is 20.3 Å². The summed E-state index contributed by atoms with van der Waals surface area (Å²) < 4.78 is 18.9. The molecule has 0 aromatic carbocycles. The first-order valence-corrected chi connectivity index (χ1v) is 6.13. The Morgan fingerprint density at radius 3 is 2.95 bits per heavy atom. The summed E-state index contributed by atoms with van der Waals surface area (Å²) in [7, 11) is 0. The van der Waals surface area contributed by atoms with Crippen molar-refractivity contribution in [1.29, 1.82) is 0 Å². The quantitative estimate of drug-likeness (QED) is 0.892. The molecule has 98 valence electrons. The van der Waals surface area contributed by atoms with Crippen LogP contribution < -0.4 is 10.1 Å². The molecule has 5 nitrogen and oxygen atoms in total. The number of aromatic nitrogens is 3. The smallest absolute Gasteiger partial charge is 0.318 e. The summed E-state index contributed by atoms with van der Waals surface area (Å²) in [6.45, 7) is 0.259. The van der Waals surface area contributed by atoms with Gasteiger partial charge in [-0.1, -0.05) is 6.07 Å². The molecule has 19 heavy (non-hydrogen) atoms. The molecule has 0 bridgehead atoms. The Bertz CT molecular complexity index is 560. The third kappa shape index (κ3) is 3.15. The fraction of sp³-hybridized carbons (Fsp3) is 0.308.